The molecule has 0 spiro atoms. The molecule has 0 fully saturated rings. The van der Waals surface area contributed by atoms with Crippen LogP contribution in [0.1, 0.15) is 10.4 Å². The first-order valence-corrected chi connectivity index (χ1v) is 7.28. The summed E-state index contributed by atoms with van der Waals surface area (Å²) in [6.07, 6.45) is 0. The summed E-state index contributed by atoms with van der Waals surface area (Å²) in [4.78, 5) is 14.3. The summed E-state index contributed by atoms with van der Waals surface area (Å²) in [5, 5.41) is 2.93. The first-order chi connectivity index (χ1) is 10.6. The second kappa shape index (κ2) is 7.61. The smallest absolute Gasteiger partial charge is 0.251 e. The van der Waals surface area contributed by atoms with Crippen LogP contribution in [-0.4, -0.2) is 45.1 Å². The number of methoxy groups -OCH3 is 1. The number of hydrogen-bond donors (Lipinski definition) is 1. The Hall–Kier alpha value is -2.33. The number of hydrogen-bond acceptors (Lipinski definition) is 3. The molecule has 0 aromatic heterocycles. The van der Waals surface area contributed by atoms with Gasteiger partial charge in [0.25, 0.3) is 5.91 Å². The van der Waals surface area contributed by atoms with Gasteiger partial charge in [0.2, 0.25) is 0 Å². The summed E-state index contributed by atoms with van der Waals surface area (Å²) in [6.45, 7) is 1.44. The lowest BCUT2D eigenvalue weighted by Crippen LogP contribution is -2.31. The molecule has 116 valence electrons. The van der Waals surface area contributed by atoms with Crippen LogP contribution in [0.15, 0.2) is 48.5 Å². The van der Waals surface area contributed by atoms with Gasteiger partial charge in [-0.25, -0.2) is 0 Å². The van der Waals surface area contributed by atoms with Crippen molar-refractivity contribution in [2.24, 2.45) is 0 Å². The van der Waals surface area contributed by atoms with Crippen LogP contribution in [-0.2, 0) is 0 Å². The Balaban J connectivity index is 2.22. The van der Waals surface area contributed by atoms with Gasteiger partial charge >= 0.3 is 0 Å². The van der Waals surface area contributed by atoms with Gasteiger partial charge in [0.05, 0.1) is 7.11 Å². The van der Waals surface area contributed by atoms with Gasteiger partial charge in [0.1, 0.15) is 5.75 Å². The number of likely N-dealkylation sites (N-methyl/N-ethyl adjacent to an activating group) is 1. The molecule has 0 heterocycles. The van der Waals surface area contributed by atoms with Crippen molar-refractivity contribution in [2.75, 3.05) is 34.3 Å². The standard InChI is InChI=1S/C18H22N2O2/c1-20(2)12-11-19-18(21)15-9-10-17(22-3)16(13-15)14-7-5-4-6-8-14/h4-10,13H,11-12H2,1-3H3,(H,19,21). The minimum Gasteiger partial charge on any atom is -0.496 e. The molecule has 0 atom stereocenters. The van der Waals surface area contributed by atoms with E-state index in [-0.39, 0.29) is 5.91 Å². The van der Waals surface area contributed by atoms with Gasteiger partial charge in [-0.15, -0.1) is 0 Å². The minimum absolute atomic E-state index is 0.0679. The molecule has 0 aliphatic carbocycles. The molecule has 1 amide bonds. The molecule has 2 rings (SSSR count). The Kier molecular flexibility index (Phi) is 5.55. The first kappa shape index (κ1) is 16.0. The van der Waals surface area contributed by atoms with Gasteiger partial charge in [0.15, 0.2) is 0 Å². The van der Waals surface area contributed by atoms with Crippen LogP contribution in [0, 0.1) is 0 Å². The lowest BCUT2D eigenvalue weighted by Gasteiger charge is -2.13. The van der Waals surface area contributed by atoms with Crippen molar-refractivity contribution in [3.05, 3.63) is 54.1 Å². The van der Waals surface area contributed by atoms with E-state index < -0.39 is 0 Å². The van der Waals surface area contributed by atoms with Gasteiger partial charge in [-0.2, -0.15) is 0 Å². The highest BCUT2D eigenvalue weighted by atomic mass is 16.5. The summed E-state index contributed by atoms with van der Waals surface area (Å²) in [7, 11) is 5.60. The predicted octanol–water partition coefficient (Wildman–Crippen LogP) is 2.65. The summed E-state index contributed by atoms with van der Waals surface area (Å²) >= 11 is 0. The number of carbonyl (C=O) groups excluding carboxylic acids is 1. The Morgan fingerprint density at radius 1 is 1.14 bits per heavy atom. The SMILES string of the molecule is COc1ccc(C(=O)NCCN(C)C)cc1-c1ccccc1. The first-order valence-electron chi connectivity index (χ1n) is 7.28. The van der Waals surface area contributed by atoms with Gasteiger partial charge in [0, 0.05) is 24.2 Å². The Bertz CT molecular complexity index is 624. The highest BCUT2D eigenvalue weighted by Crippen LogP contribution is 2.30. The lowest BCUT2D eigenvalue weighted by molar-refractivity contribution is 0.0951. The predicted molar refractivity (Wildman–Crippen MR) is 89.3 cm³/mol. The molecule has 0 aliphatic rings. The Morgan fingerprint density at radius 3 is 2.50 bits per heavy atom. The monoisotopic (exact) mass is 298 g/mol. The number of nitrogens with zero attached hydrogens (tertiary/aromatic N) is 1. The number of ether oxygens (including phenoxy) is 1. The van der Waals surface area contributed by atoms with E-state index in [0.717, 1.165) is 23.4 Å². The average Bonchev–Trinajstić information content (AvgIpc) is 2.54. The van der Waals surface area contributed by atoms with Crippen molar-refractivity contribution in [1.82, 2.24) is 10.2 Å². The highest BCUT2D eigenvalue weighted by molar-refractivity contribution is 5.96. The van der Waals surface area contributed by atoms with Crippen molar-refractivity contribution < 1.29 is 9.53 Å². The van der Waals surface area contributed by atoms with Crippen LogP contribution < -0.4 is 10.1 Å². The van der Waals surface area contributed by atoms with E-state index in [0.29, 0.717) is 12.1 Å². The van der Waals surface area contributed by atoms with Crippen LogP contribution in [0.5, 0.6) is 5.75 Å². The zero-order chi connectivity index (χ0) is 15.9. The van der Waals surface area contributed by atoms with Gasteiger partial charge in [-0.05, 0) is 37.9 Å². The van der Waals surface area contributed by atoms with Crippen molar-refractivity contribution in [1.29, 1.82) is 0 Å². The van der Waals surface area contributed by atoms with E-state index in [4.69, 9.17) is 4.74 Å². The Labute approximate surface area is 131 Å². The second-order valence-corrected chi connectivity index (χ2v) is 5.34. The largest absolute Gasteiger partial charge is 0.496 e. The molecule has 4 heteroatoms. The van der Waals surface area contributed by atoms with Gasteiger partial charge < -0.3 is 15.0 Å². The lowest BCUT2D eigenvalue weighted by atomic mass is 10.0. The molecule has 0 aliphatic heterocycles. The van der Waals surface area contributed by atoms with E-state index in [1.54, 1.807) is 13.2 Å². The highest BCUT2D eigenvalue weighted by Gasteiger charge is 2.11. The maximum absolute atomic E-state index is 12.2. The van der Waals surface area contributed by atoms with Crippen molar-refractivity contribution >= 4 is 5.91 Å². The van der Waals surface area contributed by atoms with Crippen LogP contribution >= 0.6 is 0 Å². The van der Waals surface area contributed by atoms with E-state index >= 15 is 0 Å². The van der Waals surface area contributed by atoms with Gasteiger partial charge in [-0.1, -0.05) is 30.3 Å². The van der Waals surface area contributed by atoms with Crippen LogP contribution in [0.25, 0.3) is 11.1 Å². The maximum atomic E-state index is 12.2. The molecule has 0 saturated heterocycles. The molecule has 1 N–H and O–H groups in total. The molecule has 22 heavy (non-hydrogen) atoms. The zero-order valence-corrected chi connectivity index (χ0v) is 13.3. The fourth-order valence-electron chi connectivity index (χ4n) is 2.19. The van der Waals surface area contributed by atoms with E-state index in [2.05, 4.69) is 5.32 Å². The molecule has 0 bridgehead atoms. The third-order valence-corrected chi connectivity index (χ3v) is 3.39. The average molecular weight is 298 g/mol. The molecular weight excluding hydrogens is 276 g/mol. The fourth-order valence-corrected chi connectivity index (χ4v) is 2.19. The number of rotatable bonds is 6. The van der Waals surface area contributed by atoms with Crippen LogP contribution in [0.2, 0.25) is 0 Å². The van der Waals surface area contributed by atoms with E-state index in [1.807, 2.05) is 61.5 Å². The van der Waals surface area contributed by atoms with E-state index in [1.165, 1.54) is 0 Å². The summed E-state index contributed by atoms with van der Waals surface area (Å²) in [5.41, 5.74) is 2.59. The molecular formula is C18H22N2O2. The van der Waals surface area contributed by atoms with Crippen LogP contribution in [0.4, 0.5) is 0 Å². The summed E-state index contributed by atoms with van der Waals surface area (Å²) in [6, 6.07) is 15.4. The normalized spacial score (nSPS) is 10.5. The number of benzene rings is 2. The zero-order valence-electron chi connectivity index (χ0n) is 13.3. The molecule has 2 aromatic carbocycles. The molecule has 4 nitrogen and oxygen atoms in total. The minimum atomic E-state index is -0.0679. The fraction of sp³-hybridized carbons (Fsp3) is 0.278. The maximum Gasteiger partial charge on any atom is 0.251 e. The summed E-state index contributed by atoms with van der Waals surface area (Å²) in [5.74, 6) is 0.692. The quantitative estimate of drug-likeness (QED) is 0.891. The van der Waals surface area contributed by atoms with E-state index in [9.17, 15) is 4.79 Å². The molecule has 0 saturated carbocycles. The topological polar surface area (TPSA) is 41.6 Å². The van der Waals surface area contributed by atoms with Crippen molar-refractivity contribution in [3.8, 4) is 16.9 Å². The summed E-state index contributed by atoms with van der Waals surface area (Å²) < 4.78 is 5.41. The molecule has 2 aromatic rings. The number of amides is 1. The van der Waals surface area contributed by atoms with Crippen LogP contribution in [0.3, 0.4) is 0 Å². The third-order valence-electron chi connectivity index (χ3n) is 3.39. The third kappa shape index (κ3) is 4.09. The van der Waals surface area contributed by atoms with Crippen molar-refractivity contribution in [3.63, 3.8) is 0 Å². The van der Waals surface area contributed by atoms with Gasteiger partial charge in [-0.3, -0.25) is 4.79 Å². The Morgan fingerprint density at radius 2 is 1.86 bits per heavy atom. The number of nitrogens with one attached hydrogen (secondary N) is 1. The van der Waals surface area contributed by atoms with Crippen molar-refractivity contribution in [2.45, 2.75) is 0 Å². The second-order valence-electron chi connectivity index (χ2n) is 5.34. The molecule has 0 unspecified atom stereocenters. The molecule has 0 radical (unpaired) electrons. The number of carbonyl (C=O) groups is 1.